The van der Waals surface area contributed by atoms with Gasteiger partial charge in [-0.05, 0) is 149 Å². The van der Waals surface area contributed by atoms with E-state index in [-0.39, 0.29) is 170 Å². The third kappa shape index (κ3) is 21.8. The van der Waals surface area contributed by atoms with Crippen molar-refractivity contribution in [3.8, 4) is 0 Å². The summed E-state index contributed by atoms with van der Waals surface area (Å²) in [5, 5.41) is 7.35. The monoisotopic (exact) mass is 1610 g/mol. The topological polar surface area (TPSA) is 30.5 Å². The number of fused-ring (bicyclic) bond motifs is 8. The summed E-state index contributed by atoms with van der Waals surface area (Å²) < 4.78 is 0. The Morgan fingerprint density at radius 2 is 0.704 bits per heavy atom. The molecule has 2 aromatic carbocycles. The van der Waals surface area contributed by atoms with Crippen LogP contribution in [0.15, 0.2) is 94.1 Å². The molecule has 8 saturated heterocycles. The van der Waals surface area contributed by atoms with Gasteiger partial charge < -0.3 is 30.4 Å². The summed E-state index contributed by atoms with van der Waals surface area (Å²) >= 11 is 4.24. The number of hydrogen-bond acceptors (Lipinski definition) is 4. The summed E-state index contributed by atoms with van der Waals surface area (Å²) in [5.41, 5.74) is 15.7. The quantitative estimate of drug-likeness (QED) is 0.204. The van der Waals surface area contributed by atoms with Crippen LogP contribution in [-0.4, -0.2) is 71.2 Å². The first-order chi connectivity index (χ1) is 31.2. The van der Waals surface area contributed by atoms with Crippen molar-refractivity contribution in [2.75, 3.05) is 13.1 Å². The van der Waals surface area contributed by atoms with E-state index in [1.807, 2.05) is 0 Å². The van der Waals surface area contributed by atoms with Crippen LogP contribution in [0.1, 0.15) is 181 Å². The van der Waals surface area contributed by atoms with Crippen LogP contribution in [0.4, 0.5) is 0 Å². The first-order valence-electron chi connectivity index (χ1n) is 26.0. The number of benzene rings is 2. The summed E-state index contributed by atoms with van der Waals surface area (Å²) in [6.07, 6.45) is 26.1. The summed E-state index contributed by atoms with van der Waals surface area (Å²) in [6.45, 7) is 24.4. The molecule has 10 rings (SSSR count). The van der Waals surface area contributed by atoms with Crippen molar-refractivity contribution in [1.29, 1.82) is 0 Å². The van der Waals surface area contributed by atoms with Gasteiger partial charge in [0, 0.05) is 192 Å². The van der Waals surface area contributed by atoms with Gasteiger partial charge in [0.1, 0.15) is 0 Å². The molecule has 0 spiro atoms. The van der Waals surface area contributed by atoms with Gasteiger partial charge in [-0.25, -0.2) is 36.1 Å². The number of allylic oxidation sites excluding steroid dienone is 4. The smallest absolute Gasteiger partial charge is 0.0136 e. The van der Waals surface area contributed by atoms with Crippen LogP contribution in [0.2, 0.25) is 0 Å². The predicted octanol–water partition coefficient (Wildman–Crippen LogP) is 17.2. The van der Waals surface area contributed by atoms with E-state index in [0.29, 0.717) is 0 Å². The van der Waals surface area contributed by atoms with Crippen molar-refractivity contribution < 1.29 is 131 Å². The van der Waals surface area contributed by atoms with Crippen molar-refractivity contribution in [3.63, 3.8) is 0 Å². The zero-order valence-corrected chi connectivity index (χ0v) is 63.7. The fourth-order valence-electron chi connectivity index (χ4n) is 13.2. The average molecular weight is 1610 g/mol. The molecule has 8 heterocycles. The molecule has 8 unspecified atom stereocenters. The van der Waals surface area contributed by atoms with Crippen molar-refractivity contribution in [3.05, 3.63) is 134 Å². The Labute approximate surface area is 579 Å². The molecule has 8 aliphatic rings. The molecule has 2 aromatic rings. The molecule has 8 atom stereocenters. The zero-order valence-electron chi connectivity index (χ0n) is 45.7. The van der Waals surface area contributed by atoms with Gasteiger partial charge in [-0.1, -0.05) is 152 Å². The molecule has 71 heavy (non-hydrogen) atoms. The number of nitrogens with one attached hydrogen (secondary N) is 2. The fraction of sp³-hybridized carbons (Fsp3) is 0.600. The first kappa shape index (κ1) is 76.7. The van der Waals surface area contributed by atoms with E-state index >= 15 is 0 Å². The maximum absolute atomic E-state index is 4.19. The molecule has 390 valence electrons. The third-order valence-electron chi connectivity index (χ3n) is 16.5. The Bertz CT molecular complexity index is 1830. The van der Waals surface area contributed by atoms with Crippen molar-refractivity contribution in [1.82, 2.24) is 20.4 Å². The maximum Gasteiger partial charge on any atom is 0.0136 e. The van der Waals surface area contributed by atoms with E-state index in [1.165, 1.54) is 151 Å². The molecule has 0 saturated carbocycles. The van der Waals surface area contributed by atoms with E-state index < -0.39 is 0 Å². The Hall–Kier alpha value is 3.59. The van der Waals surface area contributed by atoms with E-state index in [0.717, 1.165) is 61.2 Å². The molecule has 0 aromatic heterocycles. The number of hydrogen-bond donors (Lipinski definition) is 2. The Morgan fingerprint density at radius 3 is 0.986 bits per heavy atom. The molecule has 11 heteroatoms. The standard InChI is InChI=1S/C18H25N.C16H21N.C13H22N.C11H18N.2CH3.I2.HI.4Y/c1-3-18(14-8-6-5-7-9-14)15-12-16-10-11-17(13-15)19(16)4-2;1-2-16(12-6-4-3-5-7-12)13-10-14-8-9-15(11-13)17-14;1-4-10(3)11-8-12-6-7-13(9-11)14(12)5-2;1-3-8(2)9-6-10-4-5-11(7-9)12-10;;;1-2;;;;;/h5-9,16-17H,3-4,10-13H2,1-2H3;3-7,14-15,17H,2,8-11H2,1H3;12-13H,3-9H2,1-2H3;10-12H,2-7H2,1H3;2*1H3;;1H;;;;/q;;4*-1;;;;;;. The van der Waals surface area contributed by atoms with Crippen LogP contribution < -0.4 is 10.6 Å². The molecule has 0 amide bonds. The summed E-state index contributed by atoms with van der Waals surface area (Å²) in [6, 6.07) is 28.4. The first-order valence-corrected chi connectivity index (χ1v) is 32.3. The zero-order chi connectivity index (χ0) is 45.6. The van der Waals surface area contributed by atoms with Gasteiger partial charge >= 0.3 is 0 Å². The van der Waals surface area contributed by atoms with Crippen LogP contribution in [0.25, 0.3) is 11.1 Å². The summed E-state index contributed by atoms with van der Waals surface area (Å²) in [4.78, 5) is 5.44. The summed E-state index contributed by atoms with van der Waals surface area (Å²) in [7, 11) is 0. The fourth-order valence-corrected chi connectivity index (χ4v) is 13.2. The normalized spacial score (nSPS) is 25.9. The minimum atomic E-state index is 0. The summed E-state index contributed by atoms with van der Waals surface area (Å²) in [5.74, 6) is 0. The SMILES string of the molecule is CCC(=C1CC2CCC(C1)N2)c1ccccc1.CCC(=C1CC2CCC(C1)N2CC)c1ccccc1.I.II.[CH2-]C(CC)=C1CC2CCC(C1)N2.[CH2-]C(CC)=C1CC2CCC(C1)N2CC.[CH3-].[CH3-].[Y].[Y].[Y].[Y]. The number of nitrogens with zero attached hydrogens (tertiary/aromatic N) is 2. The van der Waals surface area contributed by atoms with Crippen LogP contribution in [0.5, 0.6) is 0 Å². The van der Waals surface area contributed by atoms with Crippen LogP contribution in [0, 0.1) is 28.7 Å². The van der Waals surface area contributed by atoms with Gasteiger partial charge in [-0.2, -0.15) is 0 Å². The van der Waals surface area contributed by atoms with Gasteiger partial charge in [-0.15, -0.1) is 24.0 Å². The molecular formula is C60H93I3N4Y4-4. The van der Waals surface area contributed by atoms with Crippen LogP contribution in [-0.2, 0) is 131 Å². The average Bonchev–Trinajstić information content (AvgIpc) is 4.03. The minimum Gasteiger partial charge on any atom is -0.358 e. The Morgan fingerprint density at radius 1 is 0.437 bits per heavy atom. The van der Waals surface area contributed by atoms with E-state index in [2.05, 4.69) is 174 Å². The van der Waals surface area contributed by atoms with E-state index in [4.69, 9.17) is 0 Å². The van der Waals surface area contributed by atoms with Gasteiger partial charge in [-0.3, -0.25) is 4.90 Å². The third-order valence-corrected chi connectivity index (χ3v) is 16.5. The van der Waals surface area contributed by atoms with Gasteiger partial charge in [0.25, 0.3) is 0 Å². The maximum atomic E-state index is 4.19. The second-order valence-corrected chi connectivity index (χ2v) is 20.1. The van der Waals surface area contributed by atoms with E-state index in [9.17, 15) is 0 Å². The van der Waals surface area contributed by atoms with Gasteiger partial charge in [0.2, 0.25) is 0 Å². The van der Waals surface area contributed by atoms with Crippen LogP contribution in [0.3, 0.4) is 0 Å². The molecule has 4 radical (unpaired) electrons. The number of halogens is 3. The van der Waals surface area contributed by atoms with Gasteiger partial charge in [0.15, 0.2) is 0 Å². The predicted molar refractivity (Wildman–Crippen MR) is 324 cm³/mol. The Balaban J connectivity index is 0. The van der Waals surface area contributed by atoms with E-state index in [1.54, 1.807) is 33.4 Å². The number of rotatable bonds is 8. The largest absolute Gasteiger partial charge is 0.358 e. The molecule has 4 nitrogen and oxygen atoms in total. The molecule has 8 bridgehead atoms. The Kier molecular flexibility index (Phi) is 44.0. The van der Waals surface area contributed by atoms with Crippen molar-refractivity contribution >= 4 is 72.4 Å². The second kappa shape index (κ2) is 40.7. The molecule has 8 fully saturated rings. The second-order valence-electron chi connectivity index (χ2n) is 20.1. The minimum absolute atomic E-state index is 0. The van der Waals surface area contributed by atoms with Crippen molar-refractivity contribution in [2.45, 2.75) is 218 Å². The molecule has 0 aliphatic carbocycles. The van der Waals surface area contributed by atoms with Crippen molar-refractivity contribution in [2.24, 2.45) is 0 Å². The molecular weight excluding hydrogens is 1510 g/mol. The molecule has 2 N–H and O–H groups in total. The van der Waals surface area contributed by atoms with Gasteiger partial charge in [0.05, 0.1) is 0 Å². The number of piperidine rings is 4. The molecule has 8 aliphatic heterocycles. The van der Waals surface area contributed by atoms with Crippen LogP contribution >= 0.6 is 61.2 Å².